The van der Waals surface area contributed by atoms with E-state index in [0.29, 0.717) is 26.1 Å². The Bertz CT molecular complexity index is 273. The van der Waals surface area contributed by atoms with Gasteiger partial charge in [-0.05, 0) is 0 Å². The predicted octanol–water partition coefficient (Wildman–Crippen LogP) is -1.33. The second-order valence-electron chi connectivity index (χ2n) is 4.07. The van der Waals surface area contributed by atoms with Gasteiger partial charge < -0.3 is 14.9 Å². The lowest BCUT2D eigenvalue weighted by atomic mass is 10.0. The van der Waals surface area contributed by atoms with Crippen molar-refractivity contribution in [1.29, 1.82) is 0 Å². The third kappa shape index (κ3) is 1.48. The van der Waals surface area contributed by atoms with Crippen molar-refractivity contribution in [3.63, 3.8) is 0 Å². The van der Waals surface area contributed by atoms with Crippen molar-refractivity contribution in [2.24, 2.45) is 5.92 Å². The zero-order valence-corrected chi connectivity index (χ0v) is 8.14. The second-order valence-corrected chi connectivity index (χ2v) is 4.07. The maximum Gasteiger partial charge on any atom is 0.228 e. The molecule has 1 unspecified atom stereocenters. The SMILES string of the molecule is CN1CC(C(=O)N2CC(O)C2)CC1=O. The molecule has 2 saturated heterocycles. The van der Waals surface area contributed by atoms with Crippen molar-refractivity contribution in [2.75, 3.05) is 26.7 Å². The van der Waals surface area contributed by atoms with Crippen LogP contribution in [0.3, 0.4) is 0 Å². The minimum absolute atomic E-state index is 0.00741. The van der Waals surface area contributed by atoms with E-state index >= 15 is 0 Å². The lowest BCUT2D eigenvalue weighted by molar-refractivity contribution is -0.145. The van der Waals surface area contributed by atoms with Crippen LogP contribution in [0.4, 0.5) is 0 Å². The fourth-order valence-corrected chi connectivity index (χ4v) is 1.92. The number of aliphatic hydroxyl groups excluding tert-OH is 1. The highest BCUT2D eigenvalue weighted by atomic mass is 16.3. The Hall–Kier alpha value is -1.10. The number of amides is 2. The minimum atomic E-state index is -0.367. The van der Waals surface area contributed by atoms with Gasteiger partial charge in [0.25, 0.3) is 0 Å². The third-order valence-electron chi connectivity index (χ3n) is 2.86. The van der Waals surface area contributed by atoms with Gasteiger partial charge in [-0.1, -0.05) is 0 Å². The maximum absolute atomic E-state index is 11.7. The van der Waals surface area contributed by atoms with Gasteiger partial charge in [0, 0.05) is 33.1 Å². The molecule has 2 aliphatic rings. The summed E-state index contributed by atoms with van der Waals surface area (Å²) in [5.41, 5.74) is 0. The molecule has 14 heavy (non-hydrogen) atoms. The topological polar surface area (TPSA) is 60.9 Å². The van der Waals surface area contributed by atoms with Crippen LogP contribution in [-0.4, -0.2) is 59.5 Å². The maximum atomic E-state index is 11.7. The smallest absolute Gasteiger partial charge is 0.228 e. The molecule has 2 amide bonds. The van der Waals surface area contributed by atoms with E-state index in [-0.39, 0.29) is 23.8 Å². The van der Waals surface area contributed by atoms with Crippen LogP contribution < -0.4 is 0 Å². The lowest BCUT2D eigenvalue weighted by Crippen LogP contribution is -2.55. The van der Waals surface area contributed by atoms with Gasteiger partial charge in [0.15, 0.2) is 0 Å². The number of hydrogen-bond donors (Lipinski definition) is 1. The number of carbonyl (C=O) groups is 2. The Morgan fingerprint density at radius 1 is 1.43 bits per heavy atom. The summed E-state index contributed by atoms with van der Waals surface area (Å²) in [6.45, 7) is 1.37. The molecule has 0 aromatic rings. The van der Waals surface area contributed by atoms with E-state index in [1.165, 1.54) is 0 Å². The summed E-state index contributed by atoms with van der Waals surface area (Å²) in [5.74, 6) is -0.155. The number of carbonyl (C=O) groups excluding carboxylic acids is 2. The largest absolute Gasteiger partial charge is 0.389 e. The number of β-amino-alcohol motifs (C(OH)–C–C–N with tert-alkyl or cyclic N) is 1. The summed E-state index contributed by atoms with van der Waals surface area (Å²) in [5, 5.41) is 9.04. The van der Waals surface area contributed by atoms with Crippen LogP contribution in [0.2, 0.25) is 0 Å². The Labute approximate surface area is 82.3 Å². The first-order valence-electron chi connectivity index (χ1n) is 4.78. The van der Waals surface area contributed by atoms with Crippen LogP contribution in [0.25, 0.3) is 0 Å². The Kier molecular flexibility index (Phi) is 2.19. The molecule has 0 aromatic carbocycles. The van der Waals surface area contributed by atoms with Crippen molar-refractivity contribution in [3.05, 3.63) is 0 Å². The summed E-state index contributed by atoms with van der Waals surface area (Å²) in [7, 11) is 1.71. The van der Waals surface area contributed by atoms with E-state index in [1.807, 2.05) is 0 Å². The first-order valence-corrected chi connectivity index (χ1v) is 4.78. The van der Waals surface area contributed by atoms with Gasteiger partial charge in [-0.3, -0.25) is 9.59 Å². The van der Waals surface area contributed by atoms with E-state index in [1.54, 1.807) is 16.8 Å². The quantitative estimate of drug-likeness (QED) is 0.567. The minimum Gasteiger partial charge on any atom is -0.389 e. The Morgan fingerprint density at radius 3 is 2.50 bits per heavy atom. The van der Waals surface area contributed by atoms with Crippen LogP contribution in [0.5, 0.6) is 0 Å². The molecule has 2 fully saturated rings. The monoisotopic (exact) mass is 198 g/mol. The Balaban J connectivity index is 1.90. The number of nitrogens with zero attached hydrogens (tertiary/aromatic N) is 2. The standard InChI is InChI=1S/C9H14N2O3/c1-10-3-6(2-8(10)13)9(14)11-4-7(12)5-11/h6-7,12H,2-5H2,1H3. The third-order valence-corrected chi connectivity index (χ3v) is 2.86. The summed E-state index contributed by atoms with van der Waals surface area (Å²) < 4.78 is 0. The van der Waals surface area contributed by atoms with Crippen molar-refractivity contribution in [1.82, 2.24) is 9.80 Å². The molecule has 0 saturated carbocycles. The highest BCUT2D eigenvalue weighted by Gasteiger charge is 2.38. The van der Waals surface area contributed by atoms with E-state index in [2.05, 4.69) is 0 Å². The van der Waals surface area contributed by atoms with E-state index in [9.17, 15) is 9.59 Å². The molecule has 2 aliphatic heterocycles. The number of hydrogen-bond acceptors (Lipinski definition) is 3. The molecular weight excluding hydrogens is 184 g/mol. The number of aliphatic hydroxyl groups is 1. The van der Waals surface area contributed by atoms with Crippen LogP contribution >= 0.6 is 0 Å². The van der Waals surface area contributed by atoms with Gasteiger partial charge in [-0.25, -0.2) is 0 Å². The van der Waals surface area contributed by atoms with Gasteiger partial charge >= 0.3 is 0 Å². The molecule has 0 radical (unpaired) electrons. The molecule has 1 N–H and O–H groups in total. The van der Waals surface area contributed by atoms with Gasteiger partial charge in [0.2, 0.25) is 11.8 Å². The molecule has 5 heteroatoms. The van der Waals surface area contributed by atoms with Crippen molar-refractivity contribution < 1.29 is 14.7 Å². The fourth-order valence-electron chi connectivity index (χ4n) is 1.92. The zero-order valence-electron chi connectivity index (χ0n) is 8.14. The van der Waals surface area contributed by atoms with Gasteiger partial charge in [-0.15, -0.1) is 0 Å². The first-order chi connectivity index (χ1) is 6.58. The summed E-state index contributed by atoms with van der Waals surface area (Å²) in [4.78, 5) is 26.1. The molecule has 2 rings (SSSR count). The summed E-state index contributed by atoms with van der Waals surface area (Å²) in [6.07, 6.45) is -0.0455. The number of rotatable bonds is 1. The lowest BCUT2D eigenvalue weighted by Gasteiger charge is -2.37. The average molecular weight is 198 g/mol. The Morgan fingerprint density at radius 2 is 2.07 bits per heavy atom. The molecule has 0 aromatic heterocycles. The van der Waals surface area contributed by atoms with E-state index < -0.39 is 0 Å². The van der Waals surface area contributed by atoms with Crippen LogP contribution in [0.15, 0.2) is 0 Å². The van der Waals surface area contributed by atoms with Crippen molar-refractivity contribution in [3.8, 4) is 0 Å². The van der Waals surface area contributed by atoms with Gasteiger partial charge in [-0.2, -0.15) is 0 Å². The highest BCUT2D eigenvalue weighted by Crippen LogP contribution is 2.21. The van der Waals surface area contributed by atoms with Crippen molar-refractivity contribution in [2.45, 2.75) is 12.5 Å². The molecule has 78 valence electrons. The summed E-state index contributed by atoms with van der Waals surface area (Å²) >= 11 is 0. The molecule has 5 nitrogen and oxygen atoms in total. The van der Waals surface area contributed by atoms with Gasteiger partial charge in [0.05, 0.1) is 12.0 Å². The molecule has 0 aliphatic carbocycles. The molecule has 0 spiro atoms. The predicted molar refractivity (Wildman–Crippen MR) is 48.3 cm³/mol. The molecule has 1 atom stereocenters. The number of likely N-dealkylation sites (tertiary alicyclic amines) is 2. The normalized spacial score (nSPS) is 28.1. The van der Waals surface area contributed by atoms with E-state index in [4.69, 9.17) is 5.11 Å². The zero-order chi connectivity index (χ0) is 10.3. The van der Waals surface area contributed by atoms with Crippen molar-refractivity contribution >= 4 is 11.8 Å². The molecule has 2 heterocycles. The van der Waals surface area contributed by atoms with E-state index in [0.717, 1.165) is 0 Å². The molecule has 0 bridgehead atoms. The van der Waals surface area contributed by atoms with Gasteiger partial charge in [0.1, 0.15) is 0 Å². The van der Waals surface area contributed by atoms with Crippen LogP contribution in [0, 0.1) is 5.92 Å². The fraction of sp³-hybridized carbons (Fsp3) is 0.778. The highest BCUT2D eigenvalue weighted by molar-refractivity contribution is 5.89. The summed E-state index contributed by atoms with van der Waals surface area (Å²) in [6, 6.07) is 0. The first kappa shape index (κ1) is 9.45. The average Bonchev–Trinajstić information content (AvgIpc) is 2.41. The van der Waals surface area contributed by atoms with Crippen LogP contribution in [-0.2, 0) is 9.59 Å². The second kappa shape index (κ2) is 3.24. The molecular formula is C9H14N2O3. The van der Waals surface area contributed by atoms with Crippen LogP contribution in [0.1, 0.15) is 6.42 Å².